The van der Waals surface area contributed by atoms with Crippen LogP contribution < -0.4 is 0 Å². The zero-order valence-electron chi connectivity index (χ0n) is 10.00. The van der Waals surface area contributed by atoms with Gasteiger partial charge in [-0.1, -0.05) is 40.0 Å². The summed E-state index contributed by atoms with van der Waals surface area (Å²) in [6.07, 6.45) is 8.30. The molecule has 84 valence electrons. The van der Waals surface area contributed by atoms with E-state index in [2.05, 4.69) is 20.8 Å². The van der Waals surface area contributed by atoms with Gasteiger partial charge in [-0.05, 0) is 37.0 Å². The van der Waals surface area contributed by atoms with E-state index in [1.807, 2.05) is 0 Å². The summed E-state index contributed by atoms with van der Waals surface area (Å²) in [6.45, 7) is 7.04. The molecule has 0 aromatic carbocycles. The van der Waals surface area contributed by atoms with Crippen molar-refractivity contribution in [2.75, 3.05) is 0 Å². The minimum atomic E-state index is 0.680. The zero-order chi connectivity index (χ0) is 10.6. The van der Waals surface area contributed by atoms with Crippen LogP contribution in [0.4, 0.5) is 0 Å². The van der Waals surface area contributed by atoms with E-state index >= 15 is 0 Å². The molecule has 0 N–H and O–H groups in total. The van der Waals surface area contributed by atoms with Crippen molar-refractivity contribution in [3.63, 3.8) is 0 Å². The Kier molecular flexibility index (Phi) is 5.36. The Morgan fingerprint density at radius 1 is 1.21 bits per heavy atom. The Labute approximate surface area is 95.3 Å². The summed E-state index contributed by atoms with van der Waals surface area (Å²) in [5.41, 5.74) is 0. The van der Waals surface area contributed by atoms with Gasteiger partial charge in [0.2, 0.25) is 0 Å². The molecule has 0 heterocycles. The van der Waals surface area contributed by atoms with Crippen molar-refractivity contribution >= 4 is 12.6 Å². The van der Waals surface area contributed by atoms with E-state index in [1.165, 1.54) is 38.5 Å². The van der Waals surface area contributed by atoms with Crippen LogP contribution in [-0.2, 0) is 0 Å². The minimum Gasteiger partial charge on any atom is -0.176 e. The molecule has 0 bridgehead atoms. The molecule has 0 nitrogen and oxygen atoms in total. The lowest BCUT2D eigenvalue weighted by Crippen LogP contribution is -2.27. The molecule has 1 aliphatic rings. The maximum Gasteiger partial charge on any atom is 0.00221 e. The van der Waals surface area contributed by atoms with Crippen LogP contribution in [-0.4, -0.2) is 5.25 Å². The molecule has 1 saturated carbocycles. The van der Waals surface area contributed by atoms with Crippen molar-refractivity contribution in [1.82, 2.24) is 0 Å². The highest BCUT2D eigenvalue weighted by Gasteiger charge is 2.28. The van der Waals surface area contributed by atoms with Gasteiger partial charge in [0.15, 0.2) is 0 Å². The van der Waals surface area contributed by atoms with E-state index in [-0.39, 0.29) is 0 Å². The van der Waals surface area contributed by atoms with E-state index in [9.17, 15) is 0 Å². The minimum absolute atomic E-state index is 0.680. The van der Waals surface area contributed by atoms with E-state index in [1.54, 1.807) is 0 Å². The molecule has 0 amide bonds. The van der Waals surface area contributed by atoms with Gasteiger partial charge < -0.3 is 0 Å². The van der Waals surface area contributed by atoms with Gasteiger partial charge in [-0.3, -0.25) is 0 Å². The first kappa shape index (κ1) is 12.4. The number of rotatable bonds is 4. The molecule has 4 unspecified atom stereocenters. The van der Waals surface area contributed by atoms with Crippen molar-refractivity contribution in [2.45, 2.75) is 64.5 Å². The first-order chi connectivity index (χ1) is 6.67. The summed E-state index contributed by atoms with van der Waals surface area (Å²) in [4.78, 5) is 0. The number of hydrogen-bond acceptors (Lipinski definition) is 1. The molecule has 0 aliphatic heterocycles. The van der Waals surface area contributed by atoms with Crippen LogP contribution in [0.15, 0.2) is 0 Å². The monoisotopic (exact) mass is 214 g/mol. The molecule has 0 aromatic heterocycles. The topological polar surface area (TPSA) is 0 Å². The van der Waals surface area contributed by atoms with Crippen molar-refractivity contribution in [1.29, 1.82) is 0 Å². The highest BCUT2D eigenvalue weighted by atomic mass is 32.1. The smallest absolute Gasteiger partial charge is 0.00221 e. The van der Waals surface area contributed by atoms with E-state index in [0.29, 0.717) is 5.25 Å². The van der Waals surface area contributed by atoms with E-state index < -0.39 is 0 Å². The van der Waals surface area contributed by atoms with E-state index in [4.69, 9.17) is 12.6 Å². The summed E-state index contributed by atoms with van der Waals surface area (Å²) in [7, 11) is 0. The molecular weight excluding hydrogens is 188 g/mol. The second-order valence-corrected chi connectivity index (χ2v) is 5.89. The normalized spacial score (nSPS) is 35.6. The summed E-state index contributed by atoms with van der Waals surface area (Å²) < 4.78 is 0. The molecule has 1 aliphatic carbocycles. The molecule has 1 fully saturated rings. The molecule has 0 aromatic rings. The van der Waals surface area contributed by atoms with Gasteiger partial charge >= 0.3 is 0 Å². The Hall–Kier alpha value is 0.350. The fourth-order valence-electron chi connectivity index (χ4n) is 2.89. The molecule has 0 radical (unpaired) electrons. The largest absolute Gasteiger partial charge is 0.176 e. The van der Waals surface area contributed by atoms with Crippen LogP contribution >= 0.6 is 12.6 Å². The van der Waals surface area contributed by atoms with Crippen LogP contribution in [0, 0.1) is 17.8 Å². The van der Waals surface area contributed by atoms with Gasteiger partial charge in [0.1, 0.15) is 0 Å². The van der Waals surface area contributed by atoms with Crippen molar-refractivity contribution in [2.24, 2.45) is 17.8 Å². The average Bonchev–Trinajstić information content (AvgIpc) is 2.16. The van der Waals surface area contributed by atoms with Crippen LogP contribution in [0.5, 0.6) is 0 Å². The zero-order valence-corrected chi connectivity index (χ0v) is 10.9. The highest BCUT2D eigenvalue weighted by Crippen LogP contribution is 2.38. The second-order valence-electron chi connectivity index (χ2n) is 5.16. The van der Waals surface area contributed by atoms with Gasteiger partial charge in [0.05, 0.1) is 0 Å². The molecular formula is C13H26S. The number of hydrogen-bond donors (Lipinski definition) is 1. The van der Waals surface area contributed by atoms with Crippen molar-refractivity contribution in [3.8, 4) is 0 Å². The third-order valence-electron chi connectivity index (χ3n) is 3.96. The van der Waals surface area contributed by atoms with Gasteiger partial charge in [0, 0.05) is 5.25 Å². The van der Waals surface area contributed by atoms with Crippen molar-refractivity contribution < 1.29 is 0 Å². The number of thiol groups is 1. The highest BCUT2D eigenvalue weighted by molar-refractivity contribution is 7.80. The fourth-order valence-corrected chi connectivity index (χ4v) is 3.46. The van der Waals surface area contributed by atoms with Gasteiger partial charge in [0.25, 0.3) is 0 Å². The predicted molar refractivity (Wildman–Crippen MR) is 68.0 cm³/mol. The molecule has 1 heteroatoms. The fraction of sp³-hybridized carbons (Fsp3) is 1.00. The maximum absolute atomic E-state index is 4.71. The van der Waals surface area contributed by atoms with E-state index in [0.717, 1.165) is 17.8 Å². The van der Waals surface area contributed by atoms with Gasteiger partial charge in [-0.2, -0.15) is 12.6 Å². The molecule has 4 atom stereocenters. The molecule has 0 saturated heterocycles. The predicted octanol–water partition coefficient (Wildman–Crippen LogP) is 4.55. The Balaban J connectivity index is 2.45. The molecule has 1 rings (SSSR count). The quantitative estimate of drug-likeness (QED) is 0.652. The Morgan fingerprint density at radius 3 is 2.50 bits per heavy atom. The Morgan fingerprint density at radius 2 is 1.93 bits per heavy atom. The van der Waals surface area contributed by atoms with Crippen LogP contribution in [0.25, 0.3) is 0 Å². The molecule has 0 spiro atoms. The first-order valence-corrected chi connectivity index (χ1v) is 6.87. The van der Waals surface area contributed by atoms with Crippen LogP contribution in [0.1, 0.15) is 59.3 Å². The summed E-state index contributed by atoms with van der Waals surface area (Å²) in [5.74, 6) is 2.83. The van der Waals surface area contributed by atoms with Crippen LogP contribution in [0.3, 0.4) is 0 Å². The standard InChI is InChI=1S/C13H26S/c1-4-6-11-7-12(10(3)5-2)9-13(14)8-11/h10-14H,4-9H2,1-3H3. The average molecular weight is 214 g/mol. The second kappa shape index (κ2) is 6.05. The summed E-state index contributed by atoms with van der Waals surface area (Å²) >= 11 is 4.71. The first-order valence-electron chi connectivity index (χ1n) is 6.35. The van der Waals surface area contributed by atoms with Gasteiger partial charge in [-0.15, -0.1) is 0 Å². The lowest BCUT2D eigenvalue weighted by atomic mass is 9.73. The maximum atomic E-state index is 4.71. The lowest BCUT2D eigenvalue weighted by Gasteiger charge is -2.36. The summed E-state index contributed by atoms with van der Waals surface area (Å²) in [6, 6.07) is 0. The SMILES string of the molecule is CCCC1CC(S)CC(C(C)CC)C1. The lowest BCUT2D eigenvalue weighted by molar-refractivity contribution is 0.199. The Bertz CT molecular complexity index is 155. The van der Waals surface area contributed by atoms with Crippen molar-refractivity contribution in [3.05, 3.63) is 0 Å². The summed E-state index contributed by atoms with van der Waals surface area (Å²) in [5, 5.41) is 0.680. The van der Waals surface area contributed by atoms with Gasteiger partial charge in [-0.25, -0.2) is 0 Å². The van der Waals surface area contributed by atoms with Crippen LogP contribution in [0.2, 0.25) is 0 Å². The third kappa shape index (κ3) is 3.49. The third-order valence-corrected chi connectivity index (χ3v) is 4.38. The molecule has 14 heavy (non-hydrogen) atoms.